The topological polar surface area (TPSA) is 58.1 Å². The van der Waals surface area contributed by atoms with Gasteiger partial charge in [-0.25, -0.2) is 18.7 Å². The van der Waals surface area contributed by atoms with Gasteiger partial charge in [0.2, 0.25) is 0 Å². The van der Waals surface area contributed by atoms with Crippen LogP contribution < -0.4 is 10.2 Å². The second kappa shape index (κ2) is 7.43. The number of carbonyl (C=O) groups excluding carboxylic acids is 1. The van der Waals surface area contributed by atoms with Crippen molar-refractivity contribution in [2.45, 2.75) is 26.7 Å². The number of aryl methyl sites for hydroxylation is 1. The van der Waals surface area contributed by atoms with Gasteiger partial charge in [0.1, 0.15) is 28.6 Å². The maximum atomic E-state index is 14.0. The Hall–Kier alpha value is -2.61. The van der Waals surface area contributed by atoms with E-state index in [2.05, 4.69) is 27.1 Å². The molecule has 0 spiro atoms. The van der Waals surface area contributed by atoms with Crippen LogP contribution in [0.3, 0.4) is 0 Å². The van der Waals surface area contributed by atoms with Crippen LogP contribution >= 0.6 is 11.3 Å². The summed E-state index contributed by atoms with van der Waals surface area (Å²) in [4.78, 5) is 25.5. The minimum Gasteiger partial charge on any atom is -0.356 e. The summed E-state index contributed by atoms with van der Waals surface area (Å²) in [6, 6.07) is 2.98. The van der Waals surface area contributed by atoms with Crippen molar-refractivity contribution < 1.29 is 13.6 Å². The van der Waals surface area contributed by atoms with Gasteiger partial charge >= 0.3 is 0 Å². The third-order valence-corrected chi connectivity index (χ3v) is 6.02. The van der Waals surface area contributed by atoms with Gasteiger partial charge in [0.25, 0.3) is 5.91 Å². The first kappa shape index (κ1) is 18.7. The molecular formula is C20H20F2N4OS. The number of benzene rings is 1. The van der Waals surface area contributed by atoms with Crippen molar-refractivity contribution >= 4 is 39.0 Å². The second-order valence-electron chi connectivity index (χ2n) is 7.18. The Balaban J connectivity index is 1.77. The maximum absolute atomic E-state index is 14.0. The van der Waals surface area contributed by atoms with Crippen LogP contribution in [0.25, 0.3) is 10.2 Å². The van der Waals surface area contributed by atoms with E-state index in [1.807, 2.05) is 6.92 Å². The van der Waals surface area contributed by atoms with E-state index in [0.717, 1.165) is 48.4 Å². The van der Waals surface area contributed by atoms with Crippen molar-refractivity contribution in [1.82, 2.24) is 9.97 Å². The summed E-state index contributed by atoms with van der Waals surface area (Å²) >= 11 is 1.40. The average molecular weight is 402 g/mol. The Morgan fingerprint density at radius 1 is 1.32 bits per heavy atom. The van der Waals surface area contributed by atoms with E-state index in [9.17, 15) is 13.6 Å². The van der Waals surface area contributed by atoms with Crippen LogP contribution in [0, 0.1) is 24.5 Å². The summed E-state index contributed by atoms with van der Waals surface area (Å²) in [5.74, 6) is -0.527. The van der Waals surface area contributed by atoms with Gasteiger partial charge in [-0.1, -0.05) is 6.92 Å². The highest BCUT2D eigenvalue weighted by Crippen LogP contribution is 2.36. The number of nitrogens with one attached hydrogen (secondary N) is 1. The van der Waals surface area contributed by atoms with E-state index in [4.69, 9.17) is 0 Å². The first-order valence-corrected chi connectivity index (χ1v) is 10.0. The number of amides is 1. The van der Waals surface area contributed by atoms with E-state index in [-0.39, 0.29) is 5.69 Å². The Kier molecular flexibility index (Phi) is 4.97. The minimum atomic E-state index is -0.687. The van der Waals surface area contributed by atoms with Crippen molar-refractivity contribution in [1.29, 1.82) is 0 Å². The summed E-state index contributed by atoms with van der Waals surface area (Å²) < 4.78 is 27.5. The zero-order valence-electron chi connectivity index (χ0n) is 15.6. The Labute approximate surface area is 165 Å². The normalized spacial score (nSPS) is 17.1. The molecule has 1 unspecified atom stereocenters. The molecule has 0 saturated carbocycles. The van der Waals surface area contributed by atoms with E-state index in [1.165, 1.54) is 24.1 Å². The predicted molar refractivity (Wildman–Crippen MR) is 107 cm³/mol. The molecule has 0 aliphatic carbocycles. The molecule has 3 heterocycles. The van der Waals surface area contributed by atoms with Gasteiger partial charge in [0.15, 0.2) is 0 Å². The van der Waals surface area contributed by atoms with Crippen molar-refractivity contribution in [2.24, 2.45) is 5.92 Å². The molecule has 1 N–H and O–H groups in total. The molecule has 2 aromatic heterocycles. The number of aromatic nitrogens is 2. The molecule has 0 bridgehead atoms. The van der Waals surface area contributed by atoms with Gasteiger partial charge in [-0.05, 0) is 37.8 Å². The number of thiophene rings is 1. The van der Waals surface area contributed by atoms with Gasteiger partial charge in [0, 0.05) is 24.0 Å². The second-order valence-corrected chi connectivity index (χ2v) is 8.39. The van der Waals surface area contributed by atoms with Crippen LogP contribution in [-0.4, -0.2) is 29.0 Å². The summed E-state index contributed by atoms with van der Waals surface area (Å²) in [7, 11) is 0. The van der Waals surface area contributed by atoms with Crippen LogP contribution in [0.1, 0.15) is 35.0 Å². The van der Waals surface area contributed by atoms with E-state index < -0.39 is 17.5 Å². The number of anilines is 2. The molecule has 8 heteroatoms. The molecule has 0 radical (unpaired) electrons. The fourth-order valence-corrected chi connectivity index (χ4v) is 4.68. The van der Waals surface area contributed by atoms with Gasteiger partial charge in [-0.15, -0.1) is 11.3 Å². The Morgan fingerprint density at radius 3 is 2.93 bits per heavy atom. The van der Waals surface area contributed by atoms with Crippen LogP contribution in [0.5, 0.6) is 0 Å². The van der Waals surface area contributed by atoms with E-state index in [0.29, 0.717) is 21.7 Å². The fraction of sp³-hybridized carbons (Fsp3) is 0.350. The predicted octanol–water partition coefficient (Wildman–Crippen LogP) is 4.77. The molecule has 146 valence electrons. The van der Waals surface area contributed by atoms with Crippen LogP contribution in [-0.2, 0) is 0 Å². The number of carbonyl (C=O) groups is 1. The number of halogens is 2. The van der Waals surface area contributed by atoms with Crippen LogP contribution in [0.4, 0.5) is 20.3 Å². The molecule has 1 aliphatic heterocycles. The zero-order chi connectivity index (χ0) is 19.8. The number of rotatable bonds is 3. The molecule has 1 amide bonds. The summed E-state index contributed by atoms with van der Waals surface area (Å²) in [6.07, 6.45) is 3.74. The lowest BCUT2D eigenvalue weighted by Crippen LogP contribution is -2.35. The molecule has 28 heavy (non-hydrogen) atoms. The van der Waals surface area contributed by atoms with Gasteiger partial charge in [0.05, 0.1) is 16.6 Å². The third kappa shape index (κ3) is 3.44. The minimum absolute atomic E-state index is 0.186. The zero-order valence-corrected chi connectivity index (χ0v) is 16.4. The highest BCUT2D eigenvalue weighted by molar-refractivity contribution is 7.19. The van der Waals surface area contributed by atoms with Crippen molar-refractivity contribution in [2.75, 3.05) is 23.3 Å². The third-order valence-electron chi connectivity index (χ3n) is 5.00. The lowest BCUT2D eigenvalue weighted by atomic mass is 10.00. The standard InChI is InChI=1S/C20H20F2N4OS/c1-11-4-3-7-26(9-11)18-17-16(12(2)28-20(17)24-10-23-18)19(27)25-15-8-13(21)5-6-14(15)22/h5-6,8,10-11H,3-4,7,9H2,1-2H3,(H,25,27). The number of piperidine rings is 1. The highest BCUT2D eigenvalue weighted by Gasteiger charge is 2.26. The van der Waals surface area contributed by atoms with Crippen molar-refractivity contribution in [3.05, 3.63) is 46.6 Å². The summed E-state index contributed by atoms with van der Waals surface area (Å²) in [5, 5.41) is 3.18. The first-order valence-electron chi connectivity index (χ1n) is 9.19. The lowest BCUT2D eigenvalue weighted by molar-refractivity contribution is 0.102. The molecule has 3 aromatic rings. The van der Waals surface area contributed by atoms with E-state index in [1.54, 1.807) is 0 Å². The monoisotopic (exact) mass is 402 g/mol. The molecule has 1 saturated heterocycles. The first-order chi connectivity index (χ1) is 13.4. The quantitative estimate of drug-likeness (QED) is 0.686. The number of nitrogens with zero attached hydrogens (tertiary/aromatic N) is 3. The van der Waals surface area contributed by atoms with Gasteiger partial charge in [-0.3, -0.25) is 4.79 Å². The highest BCUT2D eigenvalue weighted by atomic mass is 32.1. The van der Waals surface area contributed by atoms with E-state index >= 15 is 0 Å². The molecule has 1 atom stereocenters. The van der Waals surface area contributed by atoms with Crippen LogP contribution in [0.15, 0.2) is 24.5 Å². The molecule has 1 aliphatic rings. The van der Waals surface area contributed by atoms with Crippen molar-refractivity contribution in [3.63, 3.8) is 0 Å². The molecular weight excluding hydrogens is 382 g/mol. The summed E-state index contributed by atoms with van der Waals surface area (Å²) in [6.45, 7) is 5.75. The molecule has 4 rings (SSSR count). The van der Waals surface area contributed by atoms with Gasteiger partial charge < -0.3 is 10.2 Å². The Bertz CT molecular complexity index is 1050. The van der Waals surface area contributed by atoms with Crippen molar-refractivity contribution in [3.8, 4) is 0 Å². The average Bonchev–Trinajstić information content (AvgIpc) is 3.00. The number of hydrogen-bond donors (Lipinski definition) is 1. The molecule has 1 fully saturated rings. The largest absolute Gasteiger partial charge is 0.356 e. The Morgan fingerprint density at radius 2 is 2.14 bits per heavy atom. The fourth-order valence-electron chi connectivity index (χ4n) is 3.70. The molecule has 1 aromatic carbocycles. The van der Waals surface area contributed by atoms with Crippen LogP contribution in [0.2, 0.25) is 0 Å². The molecule has 5 nitrogen and oxygen atoms in total. The lowest BCUT2D eigenvalue weighted by Gasteiger charge is -2.32. The number of hydrogen-bond acceptors (Lipinski definition) is 5. The smallest absolute Gasteiger partial charge is 0.257 e. The number of fused-ring (bicyclic) bond motifs is 1. The SMILES string of the molecule is Cc1sc2ncnc(N3CCCC(C)C3)c2c1C(=O)Nc1cc(F)ccc1F. The van der Waals surface area contributed by atoms with Gasteiger partial charge in [-0.2, -0.15) is 0 Å². The summed E-state index contributed by atoms with van der Waals surface area (Å²) in [5.41, 5.74) is 0.228. The maximum Gasteiger partial charge on any atom is 0.257 e.